The van der Waals surface area contributed by atoms with Crippen molar-refractivity contribution in [3.63, 3.8) is 0 Å². The summed E-state index contributed by atoms with van der Waals surface area (Å²) < 4.78 is 0. The van der Waals surface area contributed by atoms with Gasteiger partial charge in [0.1, 0.15) is 5.69 Å². The number of rotatable bonds is 3. The number of carbonyl (C=O) groups is 1. The molecule has 1 aliphatic rings. The third-order valence-electron chi connectivity index (χ3n) is 4.72. The van der Waals surface area contributed by atoms with Gasteiger partial charge in [-0.25, -0.2) is 4.98 Å². The smallest absolute Gasteiger partial charge is 0.274 e. The summed E-state index contributed by atoms with van der Waals surface area (Å²) in [5, 5.41) is 2.92. The van der Waals surface area contributed by atoms with Gasteiger partial charge in [0.25, 0.3) is 5.91 Å². The number of benzene rings is 1. The number of aryl methyl sites for hydroxylation is 2. The molecule has 4 nitrogen and oxygen atoms in total. The molecule has 0 radical (unpaired) electrons. The highest BCUT2D eigenvalue weighted by Gasteiger charge is 2.12. The Labute approximate surface area is 143 Å². The Hall–Kier alpha value is -2.36. The molecule has 24 heavy (non-hydrogen) atoms. The lowest BCUT2D eigenvalue weighted by Crippen LogP contribution is -2.24. The quantitative estimate of drug-likeness (QED) is 0.914. The van der Waals surface area contributed by atoms with E-state index in [2.05, 4.69) is 22.1 Å². The molecule has 1 aromatic carbocycles. The van der Waals surface area contributed by atoms with Gasteiger partial charge >= 0.3 is 0 Å². The minimum Gasteiger partial charge on any atom is -0.370 e. The number of anilines is 2. The first-order valence-electron chi connectivity index (χ1n) is 8.73. The molecular formula is C20H25N3O. The van der Waals surface area contributed by atoms with Crippen LogP contribution in [0.3, 0.4) is 0 Å². The van der Waals surface area contributed by atoms with Crippen LogP contribution in [0.2, 0.25) is 0 Å². The van der Waals surface area contributed by atoms with Crippen molar-refractivity contribution in [1.29, 1.82) is 0 Å². The topological polar surface area (TPSA) is 45.2 Å². The van der Waals surface area contributed by atoms with E-state index < -0.39 is 0 Å². The van der Waals surface area contributed by atoms with Gasteiger partial charge in [-0.15, -0.1) is 0 Å². The van der Waals surface area contributed by atoms with Gasteiger partial charge in [-0.05, 0) is 62.1 Å². The van der Waals surface area contributed by atoms with Crippen LogP contribution in [0.4, 0.5) is 11.4 Å². The molecule has 0 bridgehead atoms. The van der Waals surface area contributed by atoms with Crippen LogP contribution >= 0.6 is 0 Å². The predicted octanol–water partition coefficient (Wildman–Crippen LogP) is 4.33. The van der Waals surface area contributed by atoms with Crippen molar-refractivity contribution in [1.82, 2.24) is 4.98 Å². The Morgan fingerprint density at radius 2 is 1.75 bits per heavy atom. The van der Waals surface area contributed by atoms with Crippen LogP contribution in [-0.4, -0.2) is 24.0 Å². The molecule has 1 aliphatic heterocycles. The van der Waals surface area contributed by atoms with Gasteiger partial charge < -0.3 is 10.2 Å². The predicted molar refractivity (Wildman–Crippen MR) is 98.8 cm³/mol. The van der Waals surface area contributed by atoms with E-state index in [1.165, 1.54) is 31.2 Å². The molecule has 1 amide bonds. The van der Waals surface area contributed by atoms with E-state index in [-0.39, 0.29) is 5.91 Å². The molecule has 2 heterocycles. The van der Waals surface area contributed by atoms with Crippen LogP contribution in [0, 0.1) is 13.8 Å². The molecule has 0 spiro atoms. The second-order valence-electron chi connectivity index (χ2n) is 6.56. The Kier molecular flexibility index (Phi) is 5.14. The van der Waals surface area contributed by atoms with Crippen molar-refractivity contribution < 1.29 is 4.79 Å². The maximum Gasteiger partial charge on any atom is 0.274 e. The van der Waals surface area contributed by atoms with Crippen molar-refractivity contribution >= 4 is 17.3 Å². The molecule has 0 atom stereocenters. The maximum atomic E-state index is 12.4. The fourth-order valence-corrected chi connectivity index (χ4v) is 3.05. The fraction of sp³-hybridized carbons (Fsp3) is 0.400. The van der Waals surface area contributed by atoms with E-state index >= 15 is 0 Å². The van der Waals surface area contributed by atoms with E-state index in [1.807, 2.05) is 43.5 Å². The SMILES string of the molecule is Cc1ccc(NC(=O)c2ccc(N3CCCCCC3)cn2)cc1C. The molecule has 3 rings (SSSR count). The number of amides is 1. The van der Waals surface area contributed by atoms with Crippen LogP contribution in [0.25, 0.3) is 0 Å². The average molecular weight is 323 g/mol. The standard InChI is InChI=1S/C20H25N3O/c1-15-7-8-17(13-16(15)2)22-20(24)19-10-9-18(14-21-19)23-11-5-3-4-6-12-23/h7-10,13-14H,3-6,11-12H2,1-2H3,(H,22,24). The summed E-state index contributed by atoms with van der Waals surface area (Å²) in [5.41, 5.74) is 4.75. The van der Waals surface area contributed by atoms with Crippen molar-refractivity contribution in [3.8, 4) is 0 Å². The highest BCUT2D eigenvalue weighted by Crippen LogP contribution is 2.19. The lowest BCUT2D eigenvalue weighted by Gasteiger charge is -2.22. The van der Waals surface area contributed by atoms with E-state index in [0.29, 0.717) is 5.69 Å². The van der Waals surface area contributed by atoms with Crippen LogP contribution in [-0.2, 0) is 0 Å². The normalized spacial score (nSPS) is 15.0. The molecule has 2 aromatic rings. The van der Waals surface area contributed by atoms with Gasteiger partial charge in [0.2, 0.25) is 0 Å². The maximum absolute atomic E-state index is 12.4. The molecule has 0 saturated carbocycles. The lowest BCUT2D eigenvalue weighted by atomic mass is 10.1. The fourth-order valence-electron chi connectivity index (χ4n) is 3.05. The van der Waals surface area contributed by atoms with Gasteiger partial charge in [0.05, 0.1) is 11.9 Å². The number of aromatic nitrogens is 1. The third kappa shape index (κ3) is 3.94. The van der Waals surface area contributed by atoms with Crippen molar-refractivity contribution in [3.05, 3.63) is 53.3 Å². The average Bonchev–Trinajstić information content (AvgIpc) is 2.88. The first-order valence-corrected chi connectivity index (χ1v) is 8.73. The van der Waals surface area contributed by atoms with Crippen LogP contribution < -0.4 is 10.2 Å². The van der Waals surface area contributed by atoms with E-state index in [1.54, 1.807) is 0 Å². The van der Waals surface area contributed by atoms with Crippen LogP contribution in [0.5, 0.6) is 0 Å². The minimum atomic E-state index is -0.166. The van der Waals surface area contributed by atoms with Gasteiger partial charge in [0.15, 0.2) is 0 Å². The summed E-state index contributed by atoms with van der Waals surface area (Å²) in [4.78, 5) is 19.1. The third-order valence-corrected chi connectivity index (χ3v) is 4.72. The number of carbonyl (C=O) groups excluding carboxylic acids is 1. The molecule has 0 unspecified atom stereocenters. The summed E-state index contributed by atoms with van der Waals surface area (Å²) in [5.74, 6) is -0.166. The molecule has 1 fully saturated rings. The zero-order valence-electron chi connectivity index (χ0n) is 14.5. The van der Waals surface area contributed by atoms with Crippen LogP contribution in [0.1, 0.15) is 47.3 Å². The monoisotopic (exact) mass is 323 g/mol. The van der Waals surface area contributed by atoms with Gasteiger partial charge in [-0.1, -0.05) is 18.9 Å². The lowest BCUT2D eigenvalue weighted by molar-refractivity contribution is 0.102. The highest BCUT2D eigenvalue weighted by atomic mass is 16.1. The number of nitrogens with zero attached hydrogens (tertiary/aromatic N) is 2. The van der Waals surface area contributed by atoms with Gasteiger partial charge in [-0.3, -0.25) is 4.79 Å². The number of hydrogen-bond acceptors (Lipinski definition) is 3. The number of pyridine rings is 1. The second-order valence-corrected chi connectivity index (χ2v) is 6.56. The minimum absolute atomic E-state index is 0.166. The molecule has 1 aromatic heterocycles. The molecule has 1 saturated heterocycles. The van der Waals surface area contributed by atoms with Crippen molar-refractivity contribution in [2.75, 3.05) is 23.3 Å². The molecule has 0 aliphatic carbocycles. The van der Waals surface area contributed by atoms with Crippen LogP contribution in [0.15, 0.2) is 36.5 Å². The summed E-state index contributed by atoms with van der Waals surface area (Å²) in [6, 6.07) is 9.75. The first-order chi connectivity index (χ1) is 11.6. The van der Waals surface area contributed by atoms with Gasteiger partial charge in [-0.2, -0.15) is 0 Å². The Morgan fingerprint density at radius 1 is 1.00 bits per heavy atom. The zero-order valence-corrected chi connectivity index (χ0v) is 14.5. The van der Waals surface area contributed by atoms with Crippen molar-refractivity contribution in [2.45, 2.75) is 39.5 Å². The summed E-state index contributed by atoms with van der Waals surface area (Å²) in [6.07, 6.45) is 6.89. The first kappa shape index (κ1) is 16.5. The molecular weight excluding hydrogens is 298 g/mol. The van der Waals surface area contributed by atoms with E-state index in [0.717, 1.165) is 30.0 Å². The number of hydrogen-bond donors (Lipinski definition) is 1. The number of nitrogens with one attached hydrogen (secondary N) is 1. The highest BCUT2D eigenvalue weighted by molar-refractivity contribution is 6.03. The largest absolute Gasteiger partial charge is 0.370 e. The summed E-state index contributed by atoms with van der Waals surface area (Å²) in [7, 11) is 0. The molecule has 126 valence electrons. The summed E-state index contributed by atoms with van der Waals surface area (Å²) in [6.45, 7) is 6.26. The van der Waals surface area contributed by atoms with Crippen molar-refractivity contribution in [2.24, 2.45) is 0 Å². The molecule has 4 heteroatoms. The zero-order chi connectivity index (χ0) is 16.9. The van der Waals surface area contributed by atoms with E-state index in [9.17, 15) is 4.79 Å². The molecule has 1 N–H and O–H groups in total. The second kappa shape index (κ2) is 7.47. The van der Waals surface area contributed by atoms with E-state index in [4.69, 9.17) is 0 Å². The Morgan fingerprint density at radius 3 is 2.38 bits per heavy atom. The Bertz CT molecular complexity index is 701. The van der Waals surface area contributed by atoms with Gasteiger partial charge in [0, 0.05) is 18.8 Å². The summed E-state index contributed by atoms with van der Waals surface area (Å²) >= 11 is 0. The Balaban J connectivity index is 1.68.